The monoisotopic (exact) mass is 191 g/mol. The predicted octanol–water partition coefficient (Wildman–Crippen LogP) is 2.37. The van der Waals surface area contributed by atoms with Gasteiger partial charge in [0.2, 0.25) is 0 Å². The molecule has 0 spiro atoms. The van der Waals surface area contributed by atoms with Gasteiger partial charge in [0.05, 0.1) is 0 Å². The summed E-state index contributed by atoms with van der Waals surface area (Å²) in [6.45, 7) is 0. The van der Waals surface area contributed by atoms with Gasteiger partial charge >= 0.3 is 8.25 Å². The van der Waals surface area contributed by atoms with Crippen LogP contribution in [0.5, 0.6) is 5.75 Å². The Labute approximate surface area is 69.5 Å². The van der Waals surface area contributed by atoms with Crippen LogP contribution in [-0.4, -0.2) is 4.89 Å². The van der Waals surface area contributed by atoms with E-state index in [0.717, 1.165) is 0 Å². The molecule has 0 aliphatic carbocycles. The maximum Gasteiger partial charge on any atom is 0.747 e. The topological polar surface area (TPSA) is 46.5 Å². The maximum atomic E-state index is 10.1. The molecule has 0 aliphatic heterocycles. The van der Waals surface area contributed by atoms with E-state index >= 15 is 0 Å². The molecule has 0 radical (unpaired) electrons. The lowest BCUT2D eigenvalue weighted by molar-refractivity contribution is 0.410. The van der Waals surface area contributed by atoms with Gasteiger partial charge in [-0.15, -0.1) is 4.89 Å². The van der Waals surface area contributed by atoms with Crippen molar-refractivity contribution in [3.8, 4) is 5.75 Å². The molecule has 0 aromatic heterocycles. The second kappa shape index (κ2) is 3.67. The van der Waals surface area contributed by atoms with E-state index in [9.17, 15) is 4.57 Å². The average Bonchev–Trinajstić information content (AvgIpc) is 1.93. The van der Waals surface area contributed by atoms with Crippen molar-refractivity contribution in [1.29, 1.82) is 0 Å². The number of halogens is 1. The molecule has 1 N–H and O–H groups in total. The minimum atomic E-state index is -2.58. The fourth-order valence-electron chi connectivity index (χ4n) is 0.586. The molecule has 0 amide bonds. The number of hydrogen-bond acceptors (Lipinski definition) is 2. The van der Waals surface area contributed by atoms with Crippen LogP contribution in [-0.2, 0) is 4.57 Å². The van der Waals surface area contributed by atoms with Gasteiger partial charge in [0.15, 0.2) is 5.75 Å². The second-order valence-electron chi connectivity index (χ2n) is 1.78. The molecule has 1 atom stereocenters. The first-order valence-corrected chi connectivity index (χ1v) is 4.29. The first kappa shape index (κ1) is 8.47. The first-order valence-electron chi connectivity index (χ1n) is 2.78. The fraction of sp³-hybridized carbons (Fsp3) is 0. The Balaban J connectivity index is 2.74. The number of hydrogen-bond donors (Lipinski definition) is 1. The molecule has 11 heavy (non-hydrogen) atoms. The van der Waals surface area contributed by atoms with Gasteiger partial charge in [0.25, 0.3) is 0 Å². The van der Waals surface area contributed by atoms with Gasteiger partial charge in [-0.05, 0) is 24.3 Å². The van der Waals surface area contributed by atoms with Gasteiger partial charge in [-0.1, -0.05) is 11.6 Å². The molecule has 1 aromatic rings. The molecular weight excluding hydrogens is 186 g/mol. The summed E-state index contributed by atoms with van der Waals surface area (Å²) in [5.74, 6) is 0.331. The third-order valence-electron chi connectivity index (χ3n) is 0.997. The molecule has 1 aromatic carbocycles. The Morgan fingerprint density at radius 3 is 2.36 bits per heavy atom. The molecule has 58 valence electrons. The van der Waals surface area contributed by atoms with Crippen LogP contribution >= 0.6 is 19.9 Å². The molecule has 0 aliphatic rings. The van der Waals surface area contributed by atoms with Crippen molar-refractivity contribution < 1.29 is 14.0 Å². The zero-order chi connectivity index (χ0) is 8.27. The normalized spacial score (nSPS) is 10.9. The van der Waals surface area contributed by atoms with Crippen molar-refractivity contribution in [1.82, 2.24) is 0 Å². The predicted molar refractivity (Wildman–Crippen MR) is 41.9 cm³/mol. The van der Waals surface area contributed by atoms with E-state index in [1.807, 2.05) is 0 Å². The third kappa shape index (κ3) is 2.85. The molecule has 0 bridgehead atoms. The van der Waals surface area contributed by atoms with E-state index in [1.165, 1.54) is 12.1 Å². The van der Waals surface area contributed by atoms with Crippen molar-refractivity contribution in [3.05, 3.63) is 29.3 Å². The van der Waals surface area contributed by atoms with Crippen LogP contribution in [0.2, 0.25) is 5.02 Å². The summed E-state index contributed by atoms with van der Waals surface area (Å²) in [6, 6.07) is 6.20. The van der Waals surface area contributed by atoms with E-state index in [-0.39, 0.29) is 0 Å². The van der Waals surface area contributed by atoms with E-state index < -0.39 is 8.25 Å². The molecule has 0 heterocycles. The highest BCUT2D eigenvalue weighted by Crippen LogP contribution is 2.23. The van der Waals surface area contributed by atoms with Crippen molar-refractivity contribution in [2.45, 2.75) is 0 Å². The summed E-state index contributed by atoms with van der Waals surface area (Å²) in [7, 11) is -2.58. The number of rotatable bonds is 2. The van der Waals surface area contributed by atoms with Crippen molar-refractivity contribution >= 4 is 19.9 Å². The van der Waals surface area contributed by atoms with Gasteiger partial charge in [-0.3, -0.25) is 0 Å². The lowest BCUT2D eigenvalue weighted by Gasteiger charge is -1.89. The molecular formula is C6H5ClO3P+. The second-order valence-corrected chi connectivity index (χ2v) is 2.88. The SMILES string of the molecule is O=[P+](O)Oc1ccc(Cl)cc1. The van der Waals surface area contributed by atoms with E-state index in [2.05, 4.69) is 4.52 Å². The first-order chi connectivity index (χ1) is 5.18. The molecule has 1 rings (SSSR count). The van der Waals surface area contributed by atoms with Gasteiger partial charge in [-0.2, -0.15) is 0 Å². The smallest absolute Gasteiger partial charge is 0.229 e. The van der Waals surface area contributed by atoms with Crippen LogP contribution in [0.1, 0.15) is 0 Å². The Morgan fingerprint density at radius 2 is 1.91 bits per heavy atom. The average molecular weight is 192 g/mol. The third-order valence-corrected chi connectivity index (χ3v) is 1.62. The molecule has 0 saturated heterocycles. The van der Waals surface area contributed by atoms with Crippen LogP contribution < -0.4 is 4.52 Å². The summed E-state index contributed by atoms with van der Waals surface area (Å²) in [4.78, 5) is 8.33. The minimum absolute atomic E-state index is 0.331. The van der Waals surface area contributed by atoms with Crippen molar-refractivity contribution in [2.75, 3.05) is 0 Å². The minimum Gasteiger partial charge on any atom is -0.229 e. The highest BCUT2D eigenvalue weighted by atomic mass is 35.5. The Morgan fingerprint density at radius 1 is 1.36 bits per heavy atom. The summed E-state index contributed by atoms with van der Waals surface area (Å²) in [5, 5.41) is 0.561. The van der Waals surface area contributed by atoms with Crippen LogP contribution in [0.4, 0.5) is 0 Å². The van der Waals surface area contributed by atoms with Crippen molar-refractivity contribution in [3.63, 3.8) is 0 Å². The molecule has 5 heteroatoms. The van der Waals surface area contributed by atoms with Gasteiger partial charge in [0, 0.05) is 9.59 Å². The Hall–Kier alpha value is -0.630. The fourth-order valence-corrected chi connectivity index (χ4v) is 1.01. The Bertz CT molecular complexity index is 259. The van der Waals surface area contributed by atoms with E-state index in [4.69, 9.17) is 16.5 Å². The van der Waals surface area contributed by atoms with Crippen LogP contribution in [0.15, 0.2) is 24.3 Å². The van der Waals surface area contributed by atoms with Gasteiger partial charge in [0.1, 0.15) is 0 Å². The zero-order valence-corrected chi connectivity index (χ0v) is 7.05. The summed E-state index contributed by atoms with van der Waals surface area (Å²) >= 11 is 5.56. The number of benzene rings is 1. The van der Waals surface area contributed by atoms with Crippen LogP contribution in [0, 0.1) is 0 Å². The molecule has 1 unspecified atom stereocenters. The molecule has 3 nitrogen and oxygen atoms in total. The summed E-state index contributed by atoms with van der Waals surface area (Å²) < 4.78 is 14.6. The largest absolute Gasteiger partial charge is 0.747 e. The quantitative estimate of drug-likeness (QED) is 0.730. The van der Waals surface area contributed by atoms with E-state index in [0.29, 0.717) is 10.8 Å². The summed E-state index contributed by atoms with van der Waals surface area (Å²) in [5.41, 5.74) is 0. The maximum absolute atomic E-state index is 10.1. The van der Waals surface area contributed by atoms with E-state index in [1.54, 1.807) is 12.1 Å². The van der Waals surface area contributed by atoms with Crippen molar-refractivity contribution in [2.24, 2.45) is 0 Å². The lowest BCUT2D eigenvalue weighted by Crippen LogP contribution is -1.78. The highest BCUT2D eigenvalue weighted by molar-refractivity contribution is 7.32. The van der Waals surface area contributed by atoms with Crippen LogP contribution in [0.25, 0.3) is 0 Å². The van der Waals surface area contributed by atoms with Gasteiger partial charge < -0.3 is 0 Å². The molecule has 0 fully saturated rings. The lowest BCUT2D eigenvalue weighted by atomic mass is 10.3. The molecule has 0 saturated carbocycles. The Kier molecular flexibility index (Phi) is 2.83. The van der Waals surface area contributed by atoms with Gasteiger partial charge in [-0.25, -0.2) is 4.52 Å². The van der Waals surface area contributed by atoms with Crippen LogP contribution in [0.3, 0.4) is 0 Å². The highest BCUT2D eigenvalue weighted by Gasteiger charge is 2.12. The summed E-state index contributed by atoms with van der Waals surface area (Å²) in [6.07, 6.45) is 0. The standard InChI is InChI=1S/C6H4ClO3P/c7-5-1-3-6(4-2-5)10-11(8)9/h1-4H/p+1. The zero-order valence-electron chi connectivity index (χ0n) is 5.40.